The SMILES string of the molecule is CCc1[nH]cc2c(=O)n(-c3ccccc3)nc-2c1-c1ccccc1.Cl. The Labute approximate surface area is 151 Å². The molecule has 0 aromatic heterocycles. The number of hydrogen-bond donors (Lipinski definition) is 1. The van der Waals surface area contributed by atoms with Gasteiger partial charge in [0.25, 0.3) is 5.56 Å². The van der Waals surface area contributed by atoms with Gasteiger partial charge in [-0.15, -0.1) is 12.4 Å². The monoisotopic (exact) mass is 351 g/mol. The van der Waals surface area contributed by atoms with Crippen molar-refractivity contribution in [3.63, 3.8) is 0 Å². The molecule has 0 unspecified atom stereocenters. The molecule has 25 heavy (non-hydrogen) atoms. The number of H-pyrrole nitrogens is 1. The van der Waals surface area contributed by atoms with Gasteiger partial charge in [-0.3, -0.25) is 4.79 Å². The third-order valence-electron chi connectivity index (χ3n) is 4.22. The van der Waals surface area contributed by atoms with Gasteiger partial charge in [-0.1, -0.05) is 55.5 Å². The molecule has 0 amide bonds. The molecule has 2 aromatic rings. The van der Waals surface area contributed by atoms with Crippen LogP contribution in [0.4, 0.5) is 0 Å². The van der Waals surface area contributed by atoms with Gasteiger partial charge in [0.2, 0.25) is 0 Å². The first-order chi connectivity index (χ1) is 11.8. The summed E-state index contributed by atoms with van der Waals surface area (Å²) >= 11 is 0. The van der Waals surface area contributed by atoms with Gasteiger partial charge in [0.05, 0.1) is 11.3 Å². The second kappa shape index (κ2) is 6.95. The molecule has 0 radical (unpaired) electrons. The number of para-hydroxylation sites is 1. The molecule has 5 heteroatoms. The minimum absolute atomic E-state index is 0. The summed E-state index contributed by atoms with van der Waals surface area (Å²) in [5, 5.41) is 4.65. The summed E-state index contributed by atoms with van der Waals surface area (Å²) in [5.74, 6) is 0. The Hall–Kier alpha value is -2.85. The van der Waals surface area contributed by atoms with E-state index in [0.29, 0.717) is 5.56 Å². The van der Waals surface area contributed by atoms with Crippen LogP contribution in [0.2, 0.25) is 0 Å². The standard InChI is InChI=1S/C20H17N3O.ClH/c1-2-17-18(14-9-5-3-6-10-14)19-16(13-21-17)20(24)23(22-19)15-11-7-4-8-12-15;/h3-13,21H,2H2,1H3;1H. The number of benzene rings is 2. The number of nitrogens with one attached hydrogen (secondary N) is 1. The van der Waals surface area contributed by atoms with E-state index >= 15 is 0 Å². The van der Waals surface area contributed by atoms with Crippen LogP contribution in [0.5, 0.6) is 0 Å². The first-order valence-corrected chi connectivity index (χ1v) is 8.03. The quantitative estimate of drug-likeness (QED) is 0.597. The van der Waals surface area contributed by atoms with Crippen LogP contribution in [0.15, 0.2) is 71.7 Å². The van der Waals surface area contributed by atoms with Crippen molar-refractivity contribution in [1.82, 2.24) is 14.8 Å². The van der Waals surface area contributed by atoms with Crippen LogP contribution in [0.3, 0.4) is 0 Å². The maximum Gasteiger partial charge on any atom is 0.282 e. The Balaban J connectivity index is 0.00000182. The van der Waals surface area contributed by atoms with Crippen molar-refractivity contribution in [1.29, 1.82) is 0 Å². The highest BCUT2D eigenvalue weighted by Crippen LogP contribution is 2.33. The summed E-state index contributed by atoms with van der Waals surface area (Å²) in [6.07, 6.45) is 2.61. The van der Waals surface area contributed by atoms with Gasteiger partial charge in [0.15, 0.2) is 0 Å². The first kappa shape index (κ1) is 17.0. The number of nitrogens with zero attached hydrogens (tertiary/aromatic N) is 2. The van der Waals surface area contributed by atoms with E-state index in [-0.39, 0.29) is 18.0 Å². The third kappa shape index (κ3) is 2.85. The molecule has 2 aliphatic rings. The fourth-order valence-corrected chi connectivity index (χ4v) is 3.04. The maximum atomic E-state index is 12.8. The fraction of sp³-hybridized carbons (Fsp3) is 0.100. The average Bonchev–Trinajstić information content (AvgIpc) is 2.99. The Morgan fingerprint density at radius 3 is 2.28 bits per heavy atom. The van der Waals surface area contributed by atoms with Crippen LogP contribution < -0.4 is 5.56 Å². The van der Waals surface area contributed by atoms with E-state index in [1.54, 1.807) is 6.20 Å². The predicted molar refractivity (Wildman–Crippen MR) is 103 cm³/mol. The molecule has 2 heterocycles. The molecule has 4 nitrogen and oxygen atoms in total. The smallest absolute Gasteiger partial charge is 0.282 e. The van der Waals surface area contributed by atoms with Gasteiger partial charge in [-0.2, -0.15) is 9.78 Å². The maximum absolute atomic E-state index is 12.8. The van der Waals surface area contributed by atoms with Crippen LogP contribution in [-0.4, -0.2) is 14.8 Å². The van der Waals surface area contributed by atoms with Crippen LogP contribution in [-0.2, 0) is 6.42 Å². The van der Waals surface area contributed by atoms with Crippen molar-refractivity contribution in [2.75, 3.05) is 0 Å². The molecular weight excluding hydrogens is 334 g/mol. The number of hydrogen-bond acceptors (Lipinski definition) is 2. The summed E-state index contributed by atoms with van der Waals surface area (Å²) in [4.78, 5) is 16.1. The molecule has 0 saturated heterocycles. The molecule has 0 fully saturated rings. The Bertz CT molecular complexity index is 1010. The zero-order chi connectivity index (χ0) is 16.5. The lowest BCUT2D eigenvalue weighted by atomic mass is 9.97. The number of halogens is 1. The van der Waals surface area contributed by atoms with Crippen molar-refractivity contribution in [3.05, 3.63) is 82.9 Å². The summed E-state index contributed by atoms with van der Waals surface area (Å²) in [6.45, 7) is 2.09. The highest BCUT2D eigenvalue weighted by Gasteiger charge is 2.22. The molecular formula is C20H18ClN3O. The summed E-state index contributed by atoms with van der Waals surface area (Å²) in [7, 11) is 0. The van der Waals surface area contributed by atoms with Gasteiger partial charge in [-0.25, -0.2) is 0 Å². The summed E-state index contributed by atoms with van der Waals surface area (Å²) in [5.41, 5.74) is 5.16. The molecule has 0 saturated carbocycles. The number of aromatic nitrogens is 3. The fourth-order valence-electron chi connectivity index (χ4n) is 3.04. The zero-order valence-corrected chi connectivity index (χ0v) is 14.6. The van der Waals surface area contributed by atoms with Crippen molar-refractivity contribution in [2.24, 2.45) is 0 Å². The van der Waals surface area contributed by atoms with Crippen LogP contribution >= 0.6 is 12.4 Å². The molecule has 126 valence electrons. The van der Waals surface area contributed by atoms with Crippen molar-refractivity contribution < 1.29 is 0 Å². The highest BCUT2D eigenvalue weighted by atomic mass is 35.5. The van der Waals surface area contributed by atoms with Crippen LogP contribution in [0.1, 0.15) is 12.6 Å². The van der Waals surface area contributed by atoms with Gasteiger partial charge in [0.1, 0.15) is 5.69 Å². The molecule has 2 aliphatic heterocycles. The second-order valence-electron chi connectivity index (χ2n) is 5.68. The number of aryl methyl sites for hydroxylation is 1. The van der Waals surface area contributed by atoms with Gasteiger partial charge in [0, 0.05) is 17.5 Å². The molecule has 1 N–H and O–H groups in total. The Morgan fingerprint density at radius 1 is 1.00 bits per heavy atom. The zero-order valence-electron chi connectivity index (χ0n) is 13.8. The normalized spacial score (nSPS) is 10.6. The predicted octanol–water partition coefficient (Wildman–Crippen LogP) is 4.32. The van der Waals surface area contributed by atoms with Crippen molar-refractivity contribution >= 4 is 12.4 Å². The second-order valence-corrected chi connectivity index (χ2v) is 5.68. The van der Waals surface area contributed by atoms with Gasteiger partial charge < -0.3 is 4.98 Å². The highest BCUT2D eigenvalue weighted by molar-refractivity contribution is 5.85. The molecule has 4 rings (SSSR count). The average molecular weight is 352 g/mol. The van der Waals surface area contributed by atoms with Crippen LogP contribution in [0.25, 0.3) is 28.1 Å². The van der Waals surface area contributed by atoms with Crippen molar-refractivity contribution in [2.45, 2.75) is 13.3 Å². The minimum atomic E-state index is -0.104. The largest absolute Gasteiger partial charge is 0.364 e. The van der Waals surface area contributed by atoms with Crippen LogP contribution in [0, 0.1) is 0 Å². The first-order valence-electron chi connectivity index (χ1n) is 8.03. The van der Waals surface area contributed by atoms with Gasteiger partial charge in [-0.05, 0) is 24.1 Å². The molecule has 2 aromatic carbocycles. The molecule has 0 aliphatic carbocycles. The summed E-state index contributed by atoms with van der Waals surface area (Å²) in [6, 6.07) is 19.6. The van der Waals surface area contributed by atoms with Gasteiger partial charge >= 0.3 is 0 Å². The number of aromatic amines is 1. The molecule has 0 bridgehead atoms. The Kier molecular flexibility index (Phi) is 4.72. The molecule has 0 spiro atoms. The van der Waals surface area contributed by atoms with E-state index < -0.39 is 0 Å². The lowest BCUT2D eigenvalue weighted by Gasteiger charge is -2.11. The van der Waals surface area contributed by atoms with E-state index in [4.69, 9.17) is 0 Å². The van der Waals surface area contributed by atoms with E-state index in [9.17, 15) is 4.79 Å². The third-order valence-corrected chi connectivity index (χ3v) is 4.22. The number of fused-ring (bicyclic) bond motifs is 1. The molecule has 0 atom stereocenters. The Morgan fingerprint density at radius 2 is 1.64 bits per heavy atom. The topological polar surface area (TPSA) is 50.7 Å². The lowest BCUT2D eigenvalue weighted by Crippen LogP contribution is -2.14. The van der Waals surface area contributed by atoms with Crippen molar-refractivity contribution in [3.8, 4) is 28.1 Å². The number of pyridine rings is 1. The number of rotatable bonds is 3. The lowest BCUT2D eigenvalue weighted by molar-refractivity contribution is 0.857. The van der Waals surface area contributed by atoms with E-state index in [0.717, 1.165) is 34.6 Å². The summed E-state index contributed by atoms with van der Waals surface area (Å²) < 4.78 is 1.48. The van der Waals surface area contributed by atoms with E-state index in [1.165, 1.54) is 4.68 Å². The van der Waals surface area contributed by atoms with E-state index in [1.807, 2.05) is 60.7 Å². The van der Waals surface area contributed by atoms with E-state index in [2.05, 4.69) is 17.0 Å². The minimum Gasteiger partial charge on any atom is -0.364 e.